The minimum atomic E-state index is -0.360. The van der Waals surface area contributed by atoms with E-state index < -0.39 is 0 Å². The van der Waals surface area contributed by atoms with Gasteiger partial charge in [0.05, 0.1) is 5.69 Å². The summed E-state index contributed by atoms with van der Waals surface area (Å²) in [5.41, 5.74) is 1.78. The number of nitrogens with zero attached hydrogens (tertiary/aromatic N) is 2. The third-order valence-electron chi connectivity index (χ3n) is 3.30. The number of hydrogen-bond acceptors (Lipinski definition) is 3. The van der Waals surface area contributed by atoms with Gasteiger partial charge in [-0.2, -0.15) is 5.10 Å². The van der Waals surface area contributed by atoms with Gasteiger partial charge in [0, 0.05) is 11.6 Å². The maximum Gasteiger partial charge on any atom is 0.347 e. The molecule has 2 aromatic carbocycles. The van der Waals surface area contributed by atoms with Crippen LogP contribution in [0.1, 0.15) is 0 Å². The van der Waals surface area contributed by atoms with Crippen molar-refractivity contribution in [1.82, 2.24) is 9.78 Å². The predicted molar refractivity (Wildman–Crippen MR) is 77.1 cm³/mol. The van der Waals surface area contributed by atoms with Gasteiger partial charge < -0.3 is 4.42 Å². The van der Waals surface area contributed by atoms with E-state index in [0.717, 1.165) is 11.1 Å². The molecule has 4 rings (SSSR count). The molecule has 0 aliphatic carbocycles. The molecule has 0 atom stereocenters. The Balaban J connectivity index is 2.11. The molecule has 0 saturated carbocycles. The topological polar surface area (TPSA) is 48.0 Å². The average molecular weight is 262 g/mol. The molecule has 0 aliphatic rings. The molecule has 96 valence electrons. The molecule has 0 radical (unpaired) electrons. The lowest BCUT2D eigenvalue weighted by Crippen LogP contribution is -1.97. The zero-order chi connectivity index (χ0) is 13.5. The molecule has 4 aromatic rings. The lowest BCUT2D eigenvalue weighted by Gasteiger charge is -1.98. The maximum absolute atomic E-state index is 12.0. The van der Waals surface area contributed by atoms with Crippen molar-refractivity contribution in [3.05, 3.63) is 71.2 Å². The van der Waals surface area contributed by atoms with E-state index >= 15 is 0 Å². The van der Waals surface area contributed by atoms with E-state index in [0.29, 0.717) is 16.5 Å². The minimum absolute atomic E-state index is 0.360. The summed E-state index contributed by atoms with van der Waals surface area (Å²) in [6, 6.07) is 17.1. The van der Waals surface area contributed by atoms with Crippen LogP contribution in [0.5, 0.6) is 0 Å². The Morgan fingerprint density at radius 3 is 2.50 bits per heavy atom. The summed E-state index contributed by atoms with van der Waals surface area (Å²) < 4.78 is 7.02. The highest BCUT2D eigenvalue weighted by Gasteiger charge is 2.11. The van der Waals surface area contributed by atoms with Gasteiger partial charge in [-0.1, -0.05) is 30.3 Å². The predicted octanol–water partition coefficient (Wildman–Crippen LogP) is 3.13. The first-order chi connectivity index (χ1) is 9.83. The Morgan fingerprint density at radius 1 is 0.900 bits per heavy atom. The fraction of sp³-hybridized carbons (Fsp3) is 0. The van der Waals surface area contributed by atoms with Gasteiger partial charge in [-0.25, -0.2) is 9.48 Å². The molecular weight excluding hydrogens is 252 g/mol. The second kappa shape index (κ2) is 4.06. The van der Waals surface area contributed by atoms with Crippen LogP contribution >= 0.6 is 0 Å². The van der Waals surface area contributed by atoms with Crippen LogP contribution in [0.25, 0.3) is 27.6 Å². The van der Waals surface area contributed by atoms with Crippen LogP contribution in [0.15, 0.2) is 70.0 Å². The van der Waals surface area contributed by atoms with Crippen molar-refractivity contribution in [3.8, 4) is 5.69 Å². The van der Waals surface area contributed by atoms with Crippen molar-refractivity contribution in [3.63, 3.8) is 0 Å². The molecule has 2 heterocycles. The highest BCUT2D eigenvalue weighted by Crippen LogP contribution is 2.22. The first-order valence-electron chi connectivity index (χ1n) is 6.29. The number of aromatic nitrogens is 2. The summed E-state index contributed by atoms with van der Waals surface area (Å²) in [6.07, 6.45) is 1.71. The van der Waals surface area contributed by atoms with Crippen LogP contribution < -0.4 is 5.63 Å². The van der Waals surface area contributed by atoms with Crippen LogP contribution in [-0.4, -0.2) is 9.78 Å². The first-order valence-corrected chi connectivity index (χ1v) is 6.29. The summed E-state index contributed by atoms with van der Waals surface area (Å²) in [4.78, 5) is 12.0. The summed E-state index contributed by atoms with van der Waals surface area (Å²) in [5.74, 6) is 0. The molecule has 0 spiro atoms. The Kier molecular flexibility index (Phi) is 2.23. The number of fused-ring (bicyclic) bond motifs is 3. The van der Waals surface area contributed by atoms with Gasteiger partial charge in [0.1, 0.15) is 16.5 Å². The van der Waals surface area contributed by atoms with Crippen LogP contribution in [0.4, 0.5) is 0 Å². The molecular formula is C16H10N2O2. The Bertz CT molecular complexity index is 968. The van der Waals surface area contributed by atoms with Crippen molar-refractivity contribution in [1.29, 1.82) is 0 Å². The summed E-state index contributed by atoms with van der Waals surface area (Å²) in [6.45, 7) is 0. The average Bonchev–Trinajstić information content (AvgIpc) is 2.94. The van der Waals surface area contributed by atoms with Gasteiger partial charge in [0.25, 0.3) is 0 Å². The first kappa shape index (κ1) is 11.0. The highest BCUT2D eigenvalue weighted by molar-refractivity contribution is 6.01. The van der Waals surface area contributed by atoms with Gasteiger partial charge >= 0.3 is 5.63 Å². The van der Waals surface area contributed by atoms with Crippen molar-refractivity contribution in [2.75, 3.05) is 0 Å². The third kappa shape index (κ3) is 1.55. The zero-order valence-corrected chi connectivity index (χ0v) is 10.5. The Morgan fingerprint density at radius 2 is 1.65 bits per heavy atom. The van der Waals surface area contributed by atoms with Crippen LogP contribution in [0.2, 0.25) is 0 Å². The van der Waals surface area contributed by atoms with Crippen LogP contribution in [0, 0.1) is 0 Å². The third-order valence-corrected chi connectivity index (χ3v) is 3.30. The van der Waals surface area contributed by atoms with Crippen LogP contribution in [0.3, 0.4) is 0 Å². The fourth-order valence-corrected chi connectivity index (χ4v) is 2.34. The summed E-state index contributed by atoms with van der Waals surface area (Å²) in [5, 5.41) is 5.87. The molecule has 0 amide bonds. The SMILES string of the molecule is O=c1oc2ccccc2c2nn(-c3ccccc3)cc12. The van der Waals surface area contributed by atoms with Crippen molar-refractivity contribution < 1.29 is 4.42 Å². The molecule has 2 aromatic heterocycles. The molecule has 0 fully saturated rings. The number of benzene rings is 2. The quantitative estimate of drug-likeness (QED) is 0.495. The van der Waals surface area contributed by atoms with Gasteiger partial charge in [0.2, 0.25) is 0 Å². The maximum atomic E-state index is 12.0. The van der Waals surface area contributed by atoms with E-state index in [1.807, 2.05) is 48.5 Å². The smallest absolute Gasteiger partial charge is 0.347 e. The van der Waals surface area contributed by atoms with E-state index in [4.69, 9.17) is 4.42 Å². The molecule has 4 heteroatoms. The van der Waals surface area contributed by atoms with Gasteiger partial charge in [-0.15, -0.1) is 0 Å². The van der Waals surface area contributed by atoms with E-state index in [9.17, 15) is 4.79 Å². The minimum Gasteiger partial charge on any atom is -0.422 e. The highest BCUT2D eigenvalue weighted by atomic mass is 16.4. The molecule has 0 saturated heterocycles. The molecule has 20 heavy (non-hydrogen) atoms. The lowest BCUT2D eigenvalue weighted by molar-refractivity contribution is 0.569. The van der Waals surface area contributed by atoms with E-state index in [2.05, 4.69) is 5.10 Å². The second-order valence-electron chi connectivity index (χ2n) is 4.56. The van der Waals surface area contributed by atoms with E-state index in [-0.39, 0.29) is 5.63 Å². The standard InChI is InChI=1S/C16H10N2O2/c19-16-13-10-18(11-6-2-1-3-7-11)17-15(13)12-8-4-5-9-14(12)20-16/h1-10H. The monoisotopic (exact) mass is 262 g/mol. The molecule has 0 aliphatic heterocycles. The largest absolute Gasteiger partial charge is 0.422 e. The van der Waals surface area contributed by atoms with Gasteiger partial charge in [-0.05, 0) is 24.3 Å². The number of hydrogen-bond donors (Lipinski definition) is 0. The Hall–Kier alpha value is -2.88. The summed E-state index contributed by atoms with van der Waals surface area (Å²) in [7, 11) is 0. The number of rotatable bonds is 1. The van der Waals surface area contributed by atoms with Crippen LogP contribution in [-0.2, 0) is 0 Å². The molecule has 0 N–H and O–H groups in total. The van der Waals surface area contributed by atoms with Crippen molar-refractivity contribution in [2.45, 2.75) is 0 Å². The van der Waals surface area contributed by atoms with Gasteiger partial charge in [-0.3, -0.25) is 0 Å². The zero-order valence-electron chi connectivity index (χ0n) is 10.5. The lowest BCUT2D eigenvalue weighted by atomic mass is 10.2. The molecule has 4 nitrogen and oxygen atoms in total. The second-order valence-corrected chi connectivity index (χ2v) is 4.56. The normalized spacial score (nSPS) is 11.2. The summed E-state index contributed by atoms with van der Waals surface area (Å²) >= 11 is 0. The van der Waals surface area contributed by atoms with E-state index in [1.165, 1.54) is 0 Å². The van der Waals surface area contributed by atoms with Crippen molar-refractivity contribution >= 4 is 21.9 Å². The molecule has 0 bridgehead atoms. The fourth-order valence-electron chi connectivity index (χ4n) is 2.34. The molecule has 0 unspecified atom stereocenters. The number of para-hydroxylation sites is 2. The van der Waals surface area contributed by atoms with Crippen molar-refractivity contribution in [2.24, 2.45) is 0 Å². The van der Waals surface area contributed by atoms with Gasteiger partial charge in [0.15, 0.2) is 0 Å². The van der Waals surface area contributed by atoms with E-state index in [1.54, 1.807) is 16.9 Å². The Labute approximate surface area is 113 Å².